The molecule has 1 saturated carbocycles. The van der Waals surface area contributed by atoms with Crippen molar-refractivity contribution in [2.24, 2.45) is 0 Å². The second-order valence-electron chi connectivity index (χ2n) is 9.23. The number of benzene rings is 3. The first-order valence-electron chi connectivity index (χ1n) is 12.1. The zero-order valence-electron chi connectivity index (χ0n) is 19.3. The van der Waals surface area contributed by atoms with Gasteiger partial charge in [-0.15, -0.1) is 0 Å². The molecular weight excluding hydrogens is 424 g/mol. The molecule has 5 heteroatoms. The lowest BCUT2D eigenvalue weighted by atomic mass is 9.97. The Morgan fingerprint density at radius 1 is 0.853 bits per heavy atom. The summed E-state index contributed by atoms with van der Waals surface area (Å²) in [5, 5.41) is 3.04. The highest BCUT2D eigenvalue weighted by molar-refractivity contribution is 5.79. The Bertz CT molecular complexity index is 1140. The molecular formula is C29H30N2O3. The Morgan fingerprint density at radius 3 is 2.41 bits per heavy atom. The molecule has 2 amide bonds. The van der Waals surface area contributed by atoms with E-state index in [2.05, 4.69) is 35.6 Å². The molecule has 1 atom stereocenters. The van der Waals surface area contributed by atoms with E-state index < -0.39 is 0 Å². The standard InChI is InChI=1S/C29H30N2O3/c32-28(30-26-15-16-26)18-21-11-13-23(14-12-21)24-8-4-9-25(19-24)27-10-5-17-31(27)29(33)34-20-22-6-2-1-3-7-22/h1-4,6-9,11-14,19,26-27H,5,10,15-18,20H2,(H,30,32)/t27-/m0/s1. The number of hydrogen-bond donors (Lipinski definition) is 1. The van der Waals surface area contributed by atoms with Crippen molar-refractivity contribution in [2.45, 2.75) is 50.8 Å². The first kappa shape index (κ1) is 22.2. The van der Waals surface area contributed by atoms with E-state index in [1.54, 1.807) is 0 Å². The van der Waals surface area contributed by atoms with Crippen LogP contribution in [0, 0.1) is 0 Å². The van der Waals surface area contributed by atoms with Crippen molar-refractivity contribution in [3.8, 4) is 11.1 Å². The summed E-state index contributed by atoms with van der Waals surface area (Å²) < 4.78 is 5.61. The maximum absolute atomic E-state index is 12.8. The molecule has 1 aliphatic carbocycles. The first-order chi connectivity index (χ1) is 16.7. The van der Waals surface area contributed by atoms with E-state index in [9.17, 15) is 9.59 Å². The van der Waals surface area contributed by atoms with E-state index in [0.29, 0.717) is 19.0 Å². The molecule has 0 aromatic heterocycles. The summed E-state index contributed by atoms with van der Waals surface area (Å²) in [4.78, 5) is 26.7. The predicted molar refractivity (Wildman–Crippen MR) is 132 cm³/mol. The van der Waals surface area contributed by atoms with E-state index >= 15 is 0 Å². The molecule has 1 aliphatic heterocycles. The minimum Gasteiger partial charge on any atom is -0.445 e. The summed E-state index contributed by atoms with van der Waals surface area (Å²) >= 11 is 0. The maximum atomic E-state index is 12.8. The minimum absolute atomic E-state index is 0.0219. The Balaban J connectivity index is 1.24. The van der Waals surface area contributed by atoms with Crippen LogP contribution in [0.4, 0.5) is 4.79 Å². The summed E-state index contributed by atoms with van der Waals surface area (Å²) in [7, 11) is 0. The topological polar surface area (TPSA) is 58.6 Å². The summed E-state index contributed by atoms with van der Waals surface area (Å²) in [6.07, 6.45) is 4.25. The van der Waals surface area contributed by atoms with Gasteiger partial charge in [-0.3, -0.25) is 4.79 Å². The maximum Gasteiger partial charge on any atom is 0.410 e. The van der Waals surface area contributed by atoms with Crippen LogP contribution in [0.25, 0.3) is 11.1 Å². The van der Waals surface area contributed by atoms with Gasteiger partial charge in [0.05, 0.1) is 12.5 Å². The second-order valence-corrected chi connectivity index (χ2v) is 9.23. The van der Waals surface area contributed by atoms with E-state index in [0.717, 1.165) is 53.5 Å². The van der Waals surface area contributed by atoms with Gasteiger partial charge in [-0.25, -0.2) is 4.79 Å². The van der Waals surface area contributed by atoms with E-state index in [1.807, 2.05) is 53.4 Å². The van der Waals surface area contributed by atoms with Gasteiger partial charge in [-0.05, 0) is 59.6 Å². The molecule has 2 aliphatic rings. The van der Waals surface area contributed by atoms with Gasteiger partial charge in [0, 0.05) is 12.6 Å². The molecule has 0 bridgehead atoms. The monoisotopic (exact) mass is 454 g/mol. The van der Waals surface area contributed by atoms with Gasteiger partial charge < -0.3 is 15.0 Å². The number of carbonyl (C=O) groups is 2. The third-order valence-electron chi connectivity index (χ3n) is 6.56. The van der Waals surface area contributed by atoms with Crippen LogP contribution in [0.3, 0.4) is 0 Å². The van der Waals surface area contributed by atoms with E-state index in [-0.39, 0.29) is 24.6 Å². The van der Waals surface area contributed by atoms with Crippen LogP contribution in [-0.4, -0.2) is 29.5 Å². The molecule has 1 heterocycles. The lowest BCUT2D eigenvalue weighted by Gasteiger charge is -2.25. The number of amides is 2. The van der Waals surface area contributed by atoms with Gasteiger partial charge in [0.2, 0.25) is 5.91 Å². The van der Waals surface area contributed by atoms with Crippen molar-refractivity contribution < 1.29 is 14.3 Å². The zero-order chi connectivity index (χ0) is 23.3. The van der Waals surface area contributed by atoms with E-state index in [1.165, 1.54) is 0 Å². The van der Waals surface area contributed by atoms with Crippen molar-refractivity contribution >= 4 is 12.0 Å². The molecule has 34 heavy (non-hydrogen) atoms. The molecule has 5 rings (SSSR count). The molecule has 1 saturated heterocycles. The smallest absolute Gasteiger partial charge is 0.410 e. The molecule has 0 radical (unpaired) electrons. The Kier molecular flexibility index (Phi) is 6.61. The Labute approximate surface area is 200 Å². The van der Waals surface area contributed by atoms with Gasteiger partial charge >= 0.3 is 6.09 Å². The second kappa shape index (κ2) is 10.1. The van der Waals surface area contributed by atoms with Gasteiger partial charge in [0.25, 0.3) is 0 Å². The van der Waals surface area contributed by atoms with Gasteiger partial charge in [0.1, 0.15) is 6.61 Å². The summed E-state index contributed by atoms with van der Waals surface area (Å²) in [6, 6.07) is 26.8. The van der Waals surface area contributed by atoms with Crippen molar-refractivity contribution in [3.05, 3.63) is 95.6 Å². The van der Waals surface area contributed by atoms with E-state index in [4.69, 9.17) is 4.74 Å². The minimum atomic E-state index is -0.259. The molecule has 174 valence electrons. The Hall–Kier alpha value is -3.60. The van der Waals surface area contributed by atoms with Crippen molar-refractivity contribution in [2.75, 3.05) is 6.54 Å². The molecule has 2 fully saturated rings. The van der Waals surface area contributed by atoms with Crippen molar-refractivity contribution in [3.63, 3.8) is 0 Å². The summed E-state index contributed by atoms with van der Waals surface area (Å²) in [5.41, 5.74) is 5.34. The van der Waals surface area contributed by atoms with Crippen LogP contribution in [0.5, 0.6) is 0 Å². The molecule has 3 aromatic rings. The fourth-order valence-corrected chi connectivity index (χ4v) is 4.57. The van der Waals surface area contributed by atoms with Crippen molar-refractivity contribution in [1.29, 1.82) is 0 Å². The average Bonchev–Trinajstić information content (AvgIpc) is 3.54. The summed E-state index contributed by atoms with van der Waals surface area (Å²) in [5.74, 6) is 0.0951. The molecule has 3 aromatic carbocycles. The molecule has 0 unspecified atom stereocenters. The molecule has 1 N–H and O–H groups in total. The van der Waals surface area contributed by atoms with Crippen LogP contribution in [0.2, 0.25) is 0 Å². The SMILES string of the molecule is O=C(Cc1ccc(-c2cccc([C@@H]3CCCN3C(=O)OCc3ccccc3)c2)cc1)NC1CC1. The quantitative estimate of drug-likeness (QED) is 0.502. The fraction of sp³-hybridized carbons (Fsp3) is 0.310. The summed E-state index contributed by atoms with van der Waals surface area (Å²) in [6.45, 7) is 0.994. The number of rotatable bonds is 7. The number of carbonyl (C=O) groups excluding carboxylic acids is 2. The lowest BCUT2D eigenvalue weighted by molar-refractivity contribution is -0.120. The number of ether oxygens (including phenoxy) is 1. The third kappa shape index (κ3) is 5.48. The highest BCUT2D eigenvalue weighted by atomic mass is 16.6. The number of hydrogen-bond acceptors (Lipinski definition) is 3. The van der Waals surface area contributed by atoms with Crippen LogP contribution in [0.1, 0.15) is 48.4 Å². The zero-order valence-corrected chi connectivity index (χ0v) is 19.3. The number of likely N-dealkylation sites (tertiary alicyclic amines) is 1. The number of nitrogens with one attached hydrogen (secondary N) is 1. The highest BCUT2D eigenvalue weighted by Gasteiger charge is 2.31. The number of nitrogens with zero attached hydrogens (tertiary/aromatic N) is 1. The van der Waals surface area contributed by atoms with Gasteiger partial charge in [0.15, 0.2) is 0 Å². The largest absolute Gasteiger partial charge is 0.445 e. The van der Waals surface area contributed by atoms with Crippen LogP contribution in [0.15, 0.2) is 78.9 Å². The van der Waals surface area contributed by atoms with Gasteiger partial charge in [-0.1, -0.05) is 72.8 Å². The fourth-order valence-electron chi connectivity index (χ4n) is 4.57. The Morgan fingerprint density at radius 2 is 1.65 bits per heavy atom. The average molecular weight is 455 g/mol. The predicted octanol–water partition coefficient (Wildman–Crippen LogP) is 5.65. The molecule has 5 nitrogen and oxygen atoms in total. The van der Waals surface area contributed by atoms with Crippen LogP contribution >= 0.6 is 0 Å². The third-order valence-corrected chi connectivity index (χ3v) is 6.56. The van der Waals surface area contributed by atoms with Crippen LogP contribution in [-0.2, 0) is 22.6 Å². The molecule has 0 spiro atoms. The highest BCUT2D eigenvalue weighted by Crippen LogP contribution is 2.34. The first-order valence-corrected chi connectivity index (χ1v) is 12.1. The lowest BCUT2D eigenvalue weighted by Crippen LogP contribution is -2.31. The van der Waals surface area contributed by atoms with Crippen molar-refractivity contribution in [1.82, 2.24) is 10.2 Å². The normalized spacial score (nSPS) is 17.4. The van der Waals surface area contributed by atoms with Gasteiger partial charge in [-0.2, -0.15) is 0 Å². The van der Waals surface area contributed by atoms with Crippen LogP contribution < -0.4 is 5.32 Å².